The Bertz CT molecular complexity index is 1240. The molecule has 0 aromatic heterocycles. The number of benzene rings is 2. The van der Waals surface area contributed by atoms with Gasteiger partial charge < -0.3 is 14.2 Å². The Morgan fingerprint density at radius 2 is 1.54 bits per heavy atom. The van der Waals surface area contributed by atoms with E-state index < -0.39 is 11.9 Å². The molecule has 9 heteroatoms. The molecule has 0 spiro atoms. The SMILES string of the molecule is C=C(CC(=O)OC)C(=O)Oc1ccc(/C=C/C(=O)c2ccc(OCCCN3C(=O)C=CC3=O)cc2)cc1. The Morgan fingerprint density at radius 3 is 2.16 bits per heavy atom. The highest BCUT2D eigenvalue weighted by Crippen LogP contribution is 2.17. The van der Waals surface area contributed by atoms with E-state index in [9.17, 15) is 24.0 Å². The molecule has 0 fully saturated rings. The molecule has 0 saturated heterocycles. The number of carbonyl (C=O) groups excluding carboxylic acids is 5. The summed E-state index contributed by atoms with van der Waals surface area (Å²) >= 11 is 0. The molecule has 2 aromatic carbocycles. The smallest absolute Gasteiger partial charge is 0.339 e. The lowest BCUT2D eigenvalue weighted by Gasteiger charge is -2.13. The normalized spacial score (nSPS) is 12.6. The van der Waals surface area contributed by atoms with E-state index in [1.165, 1.54) is 25.3 Å². The first-order valence-corrected chi connectivity index (χ1v) is 11.3. The summed E-state index contributed by atoms with van der Waals surface area (Å²) in [5.74, 6) is -1.33. The number of esters is 2. The van der Waals surface area contributed by atoms with Crippen LogP contribution in [0.1, 0.15) is 28.8 Å². The number of ketones is 1. The van der Waals surface area contributed by atoms with Gasteiger partial charge in [-0.1, -0.05) is 24.8 Å². The monoisotopic (exact) mass is 503 g/mol. The molecule has 0 aliphatic carbocycles. The highest BCUT2D eigenvalue weighted by Gasteiger charge is 2.22. The average Bonchev–Trinajstić information content (AvgIpc) is 3.22. The first-order chi connectivity index (χ1) is 17.8. The van der Waals surface area contributed by atoms with Crippen LogP contribution in [-0.4, -0.2) is 54.7 Å². The van der Waals surface area contributed by atoms with Crippen LogP contribution in [0.4, 0.5) is 0 Å². The number of amides is 2. The van der Waals surface area contributed by atoms with Gasteiger partial charge in [0.05, 0.1) is 20.1 Å². The van der Waals surface area contributed by atoms with Crippen LogP contribution in [0.3, 0.4) is 0 Å². The van der Waals surface area contributed by atoms with Gasteiger partial charge in [-0.25, -0.2) is 4.79 Å². The molecular formula is C28H25NO8. The van der Waals surface area contributed by atoms with Crippen LogP contribution >= 0.6 is 0 Å². The Kier molecular flexibility index (Phi) is 9.26. The summed E-state index contributed by atoms with van der Waals surface area (Å²) in [6.45, 7) is 4.11. The number of imide groups is 1. The second-order valence-electron chi connectivity index (χ2n) is 7.90. The van der Waals surface area contributed by atoms with Crippen LogP contribution in [-0.2, 0) is 23.9 Å². The van der Waals surface area contributed by atoms with E-state index >= 15 is 0 Å². The van der Waals surface area contributed by atoms with Crippen LogP contribution in [0.15, 0.2) is 78.9 Å². The lowest BCUT2D eigenvalue weighted by atomic mass is 10.1. The van der Waals surface area contributed by atoms with Gasteiger partial charge >= 0.3 is 11.9 Å². The molecular weight excluding hydrogens is 478 g/mol. The van der Waals surface area contributed by atoms with E-state index in [1.54, 1.807) is 54.6 Å². The van der Waals surface area contributed by atoms with Gasteiger partial charge in [-0.2, -0.15) is 0 Å². The maximum Gasteiger partial charge on any atom is 0.339 e. The maximum absolute atomic E-state index is 12.5. The lowest BCUT2D eigenvalue weighted by molar-refractivity contribution is -0.141. The molecule has 37 heavy (non-hydrogen) atoms. The van der Waals surface area contributed by atoms with E-state index in [2.05, 4.69) is 11.3 Å². The Morgan fingerprint density at radius 1 is 0.919 bits per heavy atom. The number of hydrogen-bond donors (Lipinski definition) is 0. The van der Waals surface area contributed by atoms with E-state index in [0.29, 0.717) is 29.9 Å². The van der Waals surface area contributed by atoms with Crippen molar-refractivity contribution < 1.29 is 38.2 Å². The molecule has 0 atom stereocenters. The summed E-state index contributed by atoms with van der Waals surface area (Å²) in [6.07, 6.45) is 5.77. The number of allylic oxidation sites excluding steroid dienone is 1. The van der Waals surface area contributed by atoms with Crippen molar-refractivity contribution in [2.75, 3.05) is 20.3 Å². The molecule has 0 unspecified atom stereocenters. The minimum absolute atomic E-state index is 0.0227. The average molecular weight is 504 g/mol. The summed E-state index contributed by atoms with van der Waals surface area (Å²) in [4.78, 5) is 59.9. The Labute approximate surface area is 213 Å². The van der Waals surface area contributed by atoms with Gasteiger partial charge in [-0.05, 0) is 54.5 Å². The van der Waals surface area contributed by atoms with Gasteiger partial charge in [-0.15, -0.1) is 0 Å². The summed E-state index contributed by atoms with van der Waals surface area (Å²) in [5, 5.41) is 0. The topological polar surface area (TPSA) is 116 Å². The van der Waals surface area contributed by atoms with Crippen LogP contribution < -0.4 is 9.47 Å². The van der Waals surface area contributed by atoms with Crippen LogP contribution in [0.25, 0.3) is 6.08 Å². The summed E-state index contributed by atoms with van der Waals surface area (Å²) < 4.78 is 15.3. The Hall–Kier alpha value is -4.79. The largest absolute Gasteiger partial charge is 0.494 e. The third-order valence-corrected chi connectivity index (χ3v) is 5.23. The third-order valence-electron chi connectivity index (χ3n) is 5.23. The van der Waals surface area contributed by atoms with Crippen molar-refractivity contribution in [1.82, 2.24) is 4.90 Å². The maximum atomic E-state index is 12.5. The standard InChI is InChI=1S/C28H25NO8/c1-19(18-27(33)35-2)28(34)37-23-9-4-20(5-10-23)6-13-24(30)21-7-11-22(12-8-21)36-17-3-16-29-25(31)14-15-26(29)32/h4-15H,1,3,16-18H2,2H3/b13-6+. The molecule has 190 valence electrons. The van der Waals surface area contributed by atoms with Gasteiger partial charge in [-0.3, -0.25) is 24.1 Å². The van der Waals surface area contributed by atoms with Crippen molar-refractivity contribution in [2.24, 2.45) is 0 Å². The first kappa shape index (κ1) is 26.8. The summed E-state index contributed by atoms with van der Waals surface area (Å²) in [6, 6.07) is 13.1. The molecule has 1 aliphatic rings. The molecule has 0 bridgehead atoms. The highest BCUT2D eigenvalue weighted by molar-refractivity contribution is 6.12. The van der Waals surface area contributed by atoms with Crippen molar-refractivity contribution >= 4 is 35.6 Å². The summed E-state index contributed by atoms with van der Waals surface area (Å²) in [5.41, 5.74) is 1.16. The molecule has 2 aromatic rings. The molecule has 1 aliphatic heterocycles. The van der Waals surface area contributed by atoms with Crippen molar-refractivity contribution in [3.05, 3.63) is 90.0 Å². The molecule has 1 heterocycles. The quantitative estimate of drug-likeness (QED) is 0.108. The number of nitrogens with zero attached hydrogens (tertiary/aromatic N) is 1. The highest BCUT2D eigenvalue weighted by atomic mass is 16.5. The van der Waals surface area contributed by atoms with Gasteiger partial charge in [0.1, 0.15) is 11.5 Å². The van der Waals surface area contributed by atoms with Crippen molar-refractivity contribution in [3.63, 3.8) is 0 Å². The van der Waals surface area contributed by atoms with Gasteiger partial charge in [0.15, 0.2) is 5.78 Å². The molecule has 2 amide bonds. The Balaban J connectivity index is 1.44. The number of hydrogen-bond acceptors (Lipinski definition) is 8. The minimum Gasteiger partial charge on any atom is -0.494 e. The lowest BCUT2D eigenvalue weighted by Crippen LogP contribution is -2.31. The van der Waals surface area contributed by atoms with Crippen LogP contribution in [0.2, 0.25) is 0 Å². The molecule has 9 nitrogen and oxygen atoms in total. The molecule has 3 rings (SSSR count). The van der Waals surface area contributed by atoms with Gasteiger partial charge in [0.2, 0.25) is 0 Å². The number of ether oxygens (including phenoxy) is 3. The molecule has 0 N–H and O–H groups in total. The third kappa shape index (κ3) is 7.86. The predicted molar refractivity (Wildman–Crippen MR) is 134 cm³/mol. The first-order valence-electron chi connectivity index (χ1n) is 11.3. The predicted octanol–water partition coefficient (Wildman–Crippen LogP) is 3.30. The number of carbonyl (C=O) groups is 5. The van der Waals surface area contributed by atoms with Gasteiger partial charge in [0.25, 0.3) is 11.8 Å². The fourth-order valence-electron chi connectivity index (χ4n) is 3.19. The minimum atomic E-state index is -0.731. The molecule has 0 radical (unpaired) electrons. The fraction of sp³-hybridized carbons (Fsp3) is 0.179. The van der Waals surface area contributed by atoms with E-state index in [-0.39, 0.29) is 41.9 Å². The van der Waals surface area contributed by atoms with E-state index in [0.717, 1.165) is 4.90 Å². The second kappa shape index (κ2) is 12.8. The van der Waals surface area contributed by atoms with Crippen LogP contribution in [0.5, 0.6) is 11.5 Å². The van der Waals surface area contributed by atoms with Gasteiger partial charge in [0, 0.05) is 29.8 Å². The zero-order chi connectivity index (χ0) is 26.8. The van der Waals surface area contributed by atoms with E-state index in [4.69, 9.17) is 9.47 Å². The van der Waals surface area contributed by atoms with Crippen LogP contribution in [0, 0.1) is 0 Å². The number of methoxy groups -OCH3 is 1. The van der Waals surface area contributed by atoms with E-state index in [1.807, 2.05) is 0 Å². The fourth-order valence-corrected chi connectivity index (χ4v) is 3.19. The summed E-state index contributed by atoms with van der Waals surface area (Å²) in [7, 11) is 1.22. The van der Waals surface area contributed by atoms with Crippen molar-refractivity contribution in [2.45, 2.75) is 12.8 Å². The number of rotatable bonds is 12. The second-order valence-corrected chi connectivity index (χ2v) is 7.90. The zero-order valence-electron chi connectivity index (χ0n) is 20.2. The van der Waals surface area contributed by atoms with Crippen molar-refractivity contribution in [3.8, 4) is 11.5 Å². The molecule has 0 saturated carbocycles. The zero-order valence-corrected chi connectivity index (χ0v) is 20.2. The van der Waals surface area contributed by atoms with Crippen molar-refractivity contribution in [1.29, 1.82) is 0 Å².